The number of carbonyl (C=O) groups is 1. The predicted molar refractivity (Wildman–Crippen MR) is 90.5 cm³/mol. The molecular formula is C16H24N6O. The van der Waals surface area contributed by atoms with Gasteiger partial charge in [-0.25, -0.2) is 14.8 Å². The minimum absolute atomic E-state index is 0.0610. The van der Waals surface area contributed by atoms with Gasteiger partial charge in [-0.15, -0.1) is 0 Å². The van der Waals surface area contributed by atoms with Gasteiger partial charge in [0.25, 0.3) is 0 Å². The van der Waals surface area contributed by atoms with E-state index in [1.165, 1.54) is 0 Å². The summed E-state index contributed by atoms with van der Waals surface area (Å²) in [4.78, 5) is 25.7. The predicted octanol–water partition coefficient (Wildman–Crippen LogP) is 2.02. The van der Waals surface area contributed by atoms with E-state index in [1.54, 1.807) is 6.33 Å². The molecule has 2 amide bonds. The summed E-state index contributed by atoms with van der Waals surface area (Å²) in [5.41, 5.74) is 0.869. The summed E-state index contributed by atoms with van der Waals surface area (Å²) in [5, 5.41) is 6.89. The van der Waals surface area contributed by atoms with Gasteiger partial charge in [-0.05, 0) is 38.7 Å². The fourth-order valence-corrected chi connectivity index (χ4v) is 3.32. The van der Waals surface area contributed by atoms with E-state index >= 15 is 0 Å². The number of carbonyl (C=O) groups excluding carboxylic acids is 1. The Labute approximate surface area is 135 Å². The Morgan fingerprint density at radius 3 is 2.87 bits per heavy atom. The fraction of sp³-hybridized carbons (Fsp3) is 0.562. The van der Waals surface area contributed by atoms with Crippen molar-refractivity contribution in [3.8, 4) is 0 Å². The van der Waals surface area contributed by atoms with Crippen molar-refractivity contribution >= 4 is 22.9 Å². The molecule has 3 rings (SSSR count). The van der Waals surface area contributed by atoms with Gasteiger partial charge in [0.15, 0.2) is 0 Å². The zero-order valence-electron chi connectivity index (χ0n) is 13.7. The van der Waals surface area contributed by atoms with Crippen LogP contribution >= 0.6 is 0 Å². The molecule has 2 aromatic rings. The highest BCUT2D eigenvalue weighted by Gasteiger charge is 2.26. The number of nitrogens with zero attached hydrogens (tertiary/aromatic N) is 3. The second kappa shape index (κ2) is 6.85. The van der Waals surface area contributed by atoms with E-state index < -0.39 is 0 Å². The molecule has 0 aliphatic heterocycles. The molecule has 3 N–H and O–H groups in total. The molecular weight excluding hydrogens is 292 g/mol. The summed E-state index contributed by atoms with van der Waals surface area (Å²) >= 11 is 0. The highest BCUT2D eigenvalue weighted by atomic mass is 16.2. The van der Waals surface area contributed by atoms with Gasteiger partial charge >= 0.3 is 6.03 Å². The molecule has 0 atom stereocenters. The maximum Gasteiger partial charge on any atom is 0.314 e. The van der Waals surface area contributed by atoms with Crippen LogP contribution in [0.15, 0.2) is 18.6 Å². The number of nitrogens with one attached hydrogen (secondary N) is 3. The third kappa shape index (κ3) is 3.38. The SMILES string of the molecule is CCNC(=O)NC1CCC(N(C)c2ncnc3[nH]ccc23)CC1. The van der Waals surface area contributed by atoms with Gasteiger partial charge in [0, 0.05) is 31.9 Å². The Hall–Kier alpha value is -2.31. The molecule has 2 heterocycles. The topological polar surface area (TPSA) is 85.9 Å². The maximum absolute atomic E-state index is 11.6. The van der Waals surface area contributed by atoms with Crippen LogP contribution in [0, 0.1) is 0 Å². The van der Waals surface area contributed by atoms with Crippen molar-refractivity contribution < 1.29 is 4.79 Å². The van der Waals surface area contributed by atoms with E-state index in [0.29, 0.717) is 12.6 Å². The third-order valence-electron chi connectivity index (χ3n) is 4.58. The Morgan fingerprint density at radius 2 is 2.13 bits per heavy atom. The smallest absolute Gasteiger partial charge is 0.314 e. The van der Waals surface area contributed by atoms with Crippen LogP contribution in [0.1, 0.15) is 32.6 Å². The molecule has 7 heteroatoms. The average molecular weight is 316 g/mol. The molecule has 0 bridgehead atoms. The lowest BCUT2D eigenvalue weighted by molar-refractivity contribution is 0.231. The Morgan fingerprint density at radius 1 is 1.35 bits per heavy atom. The van der Waals surface area contributed by atoms with Gasteiger partial charge in [0.05, 0.1) is 5.39 Å². The molecule has 1 aliphatic carbocycles. The highest BCUT2D eigenvalue weighted by Crippen LogP contribution is 2.28. The molecule has 7 nitrogen and oxygen atoms in total. The molecule has 2 aromatic heterocycles. The number of anilines is 1. The second-order valence-electron chi connectivity index (χ2n) is 6.06. The summed E-state index contributed by atoms with van der Waals surface area (Å²) in [5.74, 6) is 0.969. The molecule has 0 saturated heterocycles. The summed E-state index contributed by atoms with van der Waals surface area (Å²) in [6.45, 7) is 2.58. The minimum Gasteiger partial charge on any atom is -0.356 e. The van der Waals surface area contributed by atoms with Gasteiger partial charge < -0.3 is 20.5 Å². The van der Waals surface area contributed by atoms with Crippen molar-refractivity contribution in [2.75, 3.05) is 18.5 Å². The first-order valence-corrected chi connectivity index (χ1v) is 8.24. The molecule has 0 aromatic carbocycles. The quantitative estimate of drug-likeness (QED) is 0.805. The zero-order valence-corrected chi connectivity index (χ0v) is 13.7. The average Bonchev–Trinajstić information content (AvgIpc) is 3.03. The number of amides is 2. The van der Waals surface area contributed by atoms with Crippen LogP contribution < -0.4 is 15.5 Å². The summed E-state index contributed by atoms with van der Waals surface area (Å²) < 4.78 is 0. The summed E-state index contributed by atoms with van der Waals surface area (Å²) in [6.07, 6.45) is 7.57. The number of urea groups is 1. The molecule has 0 radical (unpaired) electrons. The molecule has 124 valence electrons. The van der Waals surface area contributed by atoms with Gasteiger partial charge in [0.2, 0.25) is 0 Å². The molecule has 23 heavy (non-hydrogen) atoms. The maximum atomic E-state index is 11.6. The van der Waals surface area contributed by atoms with E-state index in [1.807, 2.05) is 19.2 Å². The van der Waals surface area contributed by atoms with Gasteiger partial charge in [-0.1, -0.05) is 0 Å². The first-order valence-electron chi connectivity index (χ1n) is 8.24. The Bertz CT molecular complexity index is 661. The van der Waals surface area contributed by atoms with Crippen LogP contribution in [0.3, 0.4) is 0 Å². The lowest BCUT2D eigenvalue weighted by atomic mass is 9.90. The molecule has 0 spiro atoms. The number of rotatable bonds is 4. The van der Waals surface area contributed by atoms with Crippen molar-refractivity contribution in [2.45, 2.75) is 44.7 Å². The lowest BCUT2D eigenvalue weighted by Gasteiger charge is -2.35. The van der Waals surface area contributed by atoms with E-state index in [2.05, 4.69) is 37.5 Å². The van der Waals surface area contributed by atoms with Crippen molar-refractivity contribution in [1.29, 1.82) is 0 Å². The van der Waals surface area contributed by atoms with Crippen molar-refractivity contribution in [3.05, 3.63) is 18.6 Å². The normalized spacial score (nSPS) is 21.1. The van der Waals surface area contributed by atoms with E-state index in [9.17, 15) is 4.79 Å². The molecule has 1 saturated carbocycles. The van der Waals surface area contributed by atoms with E-state index in [-0.39, 0.29) is 12.1 Å². The van der Waals surface area contributed by atoms with Crippen molar-refractivity contribution in [3.63, 3.8) is 0 Å². The zero-order chi connectivity index (χ0) is 16.2. The summed E-state index contributed by atoms with van der Waals surface area (Å²) in [7, 11) is 2.09. The minimum atomic E-state index is -0.0610. The summed E-state index contributed by atoms with van der Waals surface area (Å²) in [6, 6.07) is 2.66. The van der Waals surface area contributed by atoms with Crippen molar-refractivity contribution in [1.82, 2.24) is 25.6 Å². The fourth-order valence-electron chi connectivity index (χ4n) is 3.32. The van der Waals surface area contributed by atoms with Gasteiger partial charge in [-0.2, -0.15) is 0 Å². The first-order chi connectivity index (χ1) is 11.2. The lowest BCUT2D eigenvalue weighted by Crippen LogP contribution is -2.46. The number of hydrogen-bond donors (Lipinski definition) is 3. The number of aromatic nitrogens is 3. The van der Waals surface area contributed by atoms with Gasteiger partial charge in [0.1, 0.15) is 17.8 Å². The van der Waals surface area contributed by atoms with Gasteiger partial charge in [-0.3, -0.25) is 0 Å². The molecule has 0 unspecified atom stereocenters. The Balaban J connectivity index is 1.61. The second-order valence-corrected chi connectivity index (χ2v) is 6.06. The Kier molecular flexibility index (Phi) is 4.64. The van der Waals surface area contributed by atoms with E-state index in [0.717, 1.165) is 42.5 Å². The monoisotopic (exact) mass is 316 g/mol. The molecule has 1 fully saturated rings. The molecule has 1 aliphatic rings. The van der Waals surface area contributed by atoms with Crippen LogP contribution in [0.2, 0.25) is 0 Å². The van der Waals surface area contributed by atoms with E-state index in [4.69, 9.17) is 0 Å². The number of aromatic amines is 1. The standard InChI is InChI=1S/C16H24N6O/c1-3-17-16(23)21-11-4-6-12(7-5-11)22(2)15-13-8-9-18-14(13)19-10-20-15/h8-12H,3-7H2,1-2H3,(H2,17,21,23)(H,18,19,20). The van der Waals surface area contributed by atoms with Crippen LogP contribution in [-0.2, 0) is 0 Å². The first kappa shape index (κ1) is 15.6. The number of hydrogen-bond acceptors (Lipinski definition) is 4. The number of H-pyrrole nitrogens is 1. The van der Waals surface area contributed by atoms with Crippen molar-refractivity contribution in [2.24, 2.45) is 0 Å². The van der Waals surface area contributed by atoms with Crippen LogP contribution in [0.25, 0.3) is 11.0 Å². The van der Waals surface area contributed by atoms with Crippen LogP contribution in [0.4, 0.5) is 10.6 Å². The van der Waals surface area contributed by atoms with Crippen LogP contribution in [0.5, 0.6) is 0 Å². The highest BCUT2D eigenvalue weighted by molar-refractivity contribution is 5.87. The number of fused-ring (bicyclic) bond motifs is 1. The third-order valence-corrected chi connectivity index (χ3v) is 4.58. The van der Waals surface area contributed by atoms with Crippen LogP contribution in [-0.4, -0.2) is 46.7 Å². The largest absolute Gasteiger partial charge is 0.356 e.